The molecule has 0 bridgehead atoms. The third kappa shape index (κ3) is 4.69. The Balaban J connectivity index is 2.60. The summed E-state index contributed by atoms with van der Waals surface area (Å²) in [5.41, 5.74) is 5.37. The van der Waals surface area contributed by atoms with Crippen LogP contribution in [0.25, 0.3) is 0 Å². The monoisotopic (exact) mass is 283 g/mol. The van der Waals surface area contributed by atoms with Gasteiger partial charge in [-0.05, 0) is 30.6 Å². The Labute approximate surface area is 122 Å². The van der Waals surface area contributed by atoms with E-state index in [1.54, 1.807) is 0 Å². The molecule has 0 aromatic rings. The highest BCUT2D eigenvalue weighted by Gasteiger charge is 2.39. The van der Waals surface area contributed by atoms with Crippen LogP contribution in [-0.2, 0) is 4.79 Å². The lowest BCUT2D eigenvalue weighted by atomic mass is 9.84. The molecule has 116 valence electrons. The molecular formula is C15H29N3O2. The molecule has 1 rings (SSSR count). The Bertz CT molecular complexity index is 366. The van der Waals surface area contributed by atoms with Crippen molar-refractivity contribution in [2.24, 2.45) is 22.2 Å². The van der Waals surface area contributed by atoms with Crippen molar-refractivity contribution < 1.29 is 10.0 Å². The molecule has 0 saturated heterocycles. The topological polar surface area (TPSA) is 87.7 Å². The van der Waals surface area contributed by atoms with Gasteiger partial charge in [0.25, 0.3) is 0 Å². The highest BCUT2D eigenvalue weighted by Crippen LogP contribution is 2.31. The Morgan fingerprint density at radius 1 is 1.40 bits per heavy atom. The summed E-state index contributed by atoms with van der Waals surface area (Å²) >= 11 is 0. The second-order valence-electron chi connectivity index (χ2n) is 7.40. The molecule has 1 unspecified atom stereocenters. The lowest BCUT2D eigenvalue weighted by molar-refractivity contribution is -0.123. The van der Waals surface area contributed by atoms with E-state index in [-0.39, 0.29) is 17.2 Å². The van der Waals surface area contributed by atoms with Gasteiger partial charge in [-0.1, -0.05) is 45.7 Å². The number of nitrogens with one attached hydrogen (secondary N) is 1. The molecule has 0 aliphatic heterocycles. The standard InChI is InChI=1S/C15H29N3O2/c1-11(10-14(2,3)4)9-12(19)17-15(13(16)18-20)7-5-6-8-15/h11,20H,5-10H2,1-4H3,(H2,16,18)(H,17,19). The summed E-state index contributed by atoms with van der Waals surface area (Å²) in [7, 11) is 0. The van der Waals surface area contributed by atoms with Crippen LogP contribution < -0.4 is 11.1 Å². The number of carbonyl (C=O) groups excluding carboxylic acids is 1. The number of nitrogens with two attached hydrogens (primary N) is 1. The van der Waals surface area contributed by atoms with E-state index in [1.165, 1.54) is 0 Å². The fourth-order valence-corrected chi connectivity index (χ4v) is 3.27. The van der Waals surface area contributed by atoms with Crippen molar-refractivity contribution >= 4 is 11.7 Å². The van der Waals surface area contributed by atoms with Crippen molar-refractivity contribution in [1.82, 2.24) is 5.32 Å². The van der Waals surface area contributed by atoms with Crippen molar-refractivity contribution in [1.29, 1.82) is 0 Å². The maximum Gasteiger partial charge on any atom is 0.221 e. The number of oxime groups is 1. The van der Waals surface area contributed by atoms with Gasteiger partial charge in [0.15, 0.2) is 5.84 Å². The van der Waals surface area contributed by atoms with Gasteiger partial charge in [-0.25, -0.2) is 0 Å². The van der Waals surface area contributed by atoms with E-state index in [2.05, 4.69) is 38.2 Å². The minimum absolute atomic E-state index is 0.00440. The number of rotatable bonds is 5. The molecular weight excluding hydrogens is 254 g/mol. The van der Waals surface area contributed by atoms with Crippen LogP contribution >= 0.6 is 0 Å². The van der Waals surface area contributed by atoms with Gasteiger partial charge in [-0.2, -0.15) is 0 Å². The first kappa shape index (κ1) is 16.8. The van der Waals surface area contributed by atoms with Crippen LogP contribution in [0.15, 0.2) is 5.16 Å². The first-order valence-electron chi connectivity index (χ1n) is 7.47. The van der Waals surface area contributed by atoms with Gasteiger partial charge < -0.3 is 16.3 Å². The van der Waals surface area contributed by atoms with Gasteiger partial charge in [0.05, 0.1) is 0 Å². The number of amidine groups is 1. The van der Waals surface area contributed by atoms with Crippen molar-refractivity contribution in [3.05, 3.63) is 0 Å². The van der Waals surface area contributed by atoms with Gasteiger partial charge in [-0.15, -0.1) is 0 Å². The molecule has 5 nitrogen and oxygen atoms in total. The summed E-state index contributed by atoms with van der Waals surface area (Å²) in [6.45, 7) is 8.62. The molecule has 1 fully saturated rings. The van der Waals surface area contributed by atoms with Crippen molar-refractivity contribution in [3.63, 3.8) is 0 Å². The lowest BCUT2D eigenvalue weighted by Gasteiger charge is -2.30. The van der Waals surface area contributed by atoms with E-state index in [9.17, 15) is 4.79 Å². The number of carbonyl (C=O) groups is 1. The summed E-state index contributed by atoms with van der Waals surface area (Å²) < 4.78 is 0. The zero-order valence-corrected chi connectivity index (χ0v) is 13.2. The third-order valence-electron chi connectivity index (χ3n) is 3.93. The first-order valence-corrected chi connectivity index (χ1v) is 7.47. The lowest BCUT2D eigenvalue weighted by Crippen LogP contribution is -2.56. The van der Waals surface area contributed by atoms with Crippen LogP contribution in [0.4, 0.5) is 0 Å². The summed E-state index contributed by atoms with van der Waals surface area (Å²) in [5.74, 6) is 0.447. The summed E-state index contributed by atoms with van der Waals surface area (Å²) in [4.78, 5) is 12.2. The van der Waals surface area contributed by atoms with Crippen LogP contribution in [0.2, 0.25) is 0 Å². The average Bonchev–Trinajstić information content (AvgIpc) is 2.74. The highest BCUT2D eigenvalue weighted by molar-refractivity contribution is 5.94. The molecule has 0 aromatic carbocycles. The Kier molecular flexibility index (Phi) is 5.42. The zero-order valence-electron chi connectivity index (χ0n) is 13.2. The van der Waals surface area contributed by atoms with Crippen molar-refractivity contribution in [2.75, 3.05) is 0 Å². The number of nitrogens with zero attached hydrogens (tertiary/aromatic N) is 1. The zero-order chi connectivity index (χ0) is 15.4. The smallest absolute Gasteiger partial charge is 0.221 e. The van der Waals surface area contributed by atoms with Gasteiger partial charge in [0, 0.05) is 6.42 Å². The molecule has 0 aromatic heterocycles. The first-order chi connectivity index (χ1) is 9.18. The normalized spacial score (nSPS) is 20.7. The van der Waals surface area contributed by atoms with Crippen LogP contribution in [-0.4, -0.2) is 22.5 Å². The van der Waals surface area contributed by atoms with Gasteiger partial charge >= 0.3 is 0 Å². The number of hydrogen-bond acceptors (Lipinski definition) is 3. The fraction of sp³-hybridized carbons (Fsp3) is 0.867. The molecule has 1 saturated carbocycles. The fourth-order valence-electron chi connectivity index (χ4n) is 3.27. The Morgan fingerprint density at radius 2 is 1.95 bits per heavy atom. The summed E-state index contributed by atoms with van der Waals surface area (Å²) in [6, 6.07) is 0. The molecule has 1 aliphatic rings. The van der Waals surface area contributed by atoms with Crippen molar-refractivity contribution in [2.45, 2.75) is 71.8 Å². The molecule has 1 atom stereocenters. The van der Waals surface area contributed by atoms with Gasteiger partial charge in [0.2, 0.25) is 5.91 Å². The van der Waals surface area contributed by atoms with Gasteiger partial charge in [0.1, 0.15) is 5.54 Å². The maximum absolute atomic E-state index is 12.2. The quantitative estimate of drug-likeness (QED) is 0.314. The Hall–Kier alpha value is -1.26. The van der Waals surface area contributed by atoms with E-state index in [1.807, 2.05) is 0 Å². The predicted octanol–water partition coefficient (Wildman–Crippen LogP) is 2.62. The SMILES string of the molecule is CC(CC(=O)NC1(/C(N)=N/O)CCCC1)CC(C)(C)C. The molecule has 0 radical (unpaired) electrons. The van der Waals surface area contributed by atoms with E-state index >= 15 is 0 Å². The summed E-state index contributed by atoms with van der Waals surface area (Å²) in [6.07, 6.45) is 4.97. The molecule has 5 heteroatoms. The molecule has 0 spiro atoms. The highest BCUT2D eigenvalue weighted by atomic mass is 16.4. The second-order valence-corrected chi connectivity index (χ2v) is 7.40. The summed E-state index contributed by atoms with van der Waals surface area (Å²) in [5, 5.41) is 15.0. The van der Waals surface area contributed by atoms with Crippen molar-refractivity contribution in [3.8, 4) is 0 Å². The maximum atomic E-state index is 12.2. The number of amides is 1. The number of hydrogen-bond donors (Lipinski definition) is 3. The molecule has 1 aliphatic carbocycles. The Morgan fingerprint density at radius 3 is 2.40 bits per heavy atom. The van der Waals surface area contributed by atoms with E-state index in [4.69, 9.17) is 10.9 Å². The van der Waals surface area contributed by atoms with Crippen LogP contribution in [0.3, 0.4) is 0 Å². The van der Waals surface area contributed by atoms with E-state index in [0.29, 0.717) is 12.3 Å². The molecule has 1 amide bonds. The van der Waals surface area contributed by atoms with Gasteiger partial charge in [-0.3, -0.25) is 4.79 Å². The molecule has 20 heavy (non-hydrogen) atoms. The molecule has 0 heterocycles. The third-order valence-corrected chi connectivity index (χ3v) is 3.93. The minimum Gasteiger partial charge on any atom is -0.409 e. The largest absolute Gasteiger partial charge is 0.409 e. The van der Waals surface area contributed by atoms with Crippen LogP contribution in [0, 0.1) is 11.3 Å². The molecule has 4 N–H and O–H groups in total. The van der Waals surface area contributed by atoms with E-state index < -0.39 is 5.54 Å². The van der Waals surface area contributed by atoms with Crippen LogP contribution in [0.1, 0.15) is 66.2 Å². The minimum atomic E-state index is -0.632. The second kappa shape index (κ2) is 6.46. The van der Waals surface area contributed by atoms with E-state index in [0.717, 1.165) is 32.1 Å². The predicted molar refractivity (Wildman–Crippen MR) is 80.6 cm³/mol. The average molecular weight is 283 g/mol. The van der Waals surface area contributed by atoms with Crippen LogP contribution in [0.5, 0.6) is 0 Å².